The van der Waals surface area contributed by atoms with Gasteiger partial charge < -0.3 is 15.8 Å². The molecular formula is C24H28N6O. The Labute approximate surface area is 182 Å². The Morgan fingerprint density at radius 2 is 1.77 bits per heavy atom. The van der Waals surface area contributed by atoms with Crippen molar-refractivity contribution in [3.63, 3.8) is 0 Å². The van der Waals surface area contributed by atoms with E-state index in [4.69, 9.17) is 10.5 Å². The molecule has 0 atom stereocenters. The van der Waals surface area contributed by atoms with Gasteiger partial charge in [0, 0.05) is 24.0 Å². The summed E-state index contributed by atoms with van der Waals surface area (Å²) in [6, 6.07) is 16.8. The lowest BCUT2D eigenvalue weighted by atomic mass is 9.83. The van der Waals surface area contributed by atoms with Gasteiger partial charge in [0.05, 0.1) is 6.54 Å². The summed E-state index contributed by atoms with van der Waals surface area (Å²) in [6.07, 6.45) is 6.19. The minimum Gasteiger partial charge on any atom is -0.482 e. The predicted octanol–water partition coefficient (Wildman–Crippen LogP) is 3.03. The van der Waals surface area contributed by atoms with Gasteiger partial charge in [-0.3, -0.25) is 0 Å². The van der Waals surface area contributed by atoms with Crippen LogP contribution in [0.4, 0.5) is 0 Å². The molecule has 2 aliphatic heterocycles. The van der Waals surface area contributed by atoms with E-state index in [9.17, 15) is 0 Å². The normalized spacial score (nSPS) is 17.1. The van der Waals surface area contributed by atoms with Crippen molar-refractivity contribution in [1.82, 2.24) is 25.5 Å². The molecule has 0 saturated carbocycles. The van der Waals surface area contributed by atoms with Gasteiger partial charge in [-0.05, 0) is 61.0 Å². The van der Waals surface area contributed by atoms with Crippen LogP contribution in [0.5, 0.6) is 5.75 Å². The fourth-order valence-corrected chi connectivity index (χ4v) is 4.35. The number of hydrogen-bond donors (Lipinski definition) is 2. The summed E-state index contributed by atoms with van der Waals surface area (Å²) in [5.74, 6) is 1.61. The maximum atomic E-state index is 6.49. The van der Waals surface area contributed by atoms with E-state index >= 15 is 0 Å². The summed E-state index contributed by atoms with van der Waals surface area (Å²) < 4.78 is 6.49. The molecule has 31 heavy (non-hydrogen) atoms. The van der Waals surface area contributed by atoms with Crippen LogP contribution in [0, 0.1) is 0 Å². The van der Waals surface area contributed by atoms with Gasteiger partial charge >= 0.3 is 0 Å². The molecule has 1 spiro atoms. The fourth-order valence-electron chi connectivity index (χ4n) is 4.35. The van der Waals surface area contributed by atoms with E-state index < -0.39 is 0 Å². The summed E-state index contributed by atoms with van der Waals surface area (Å²) in [5, 5.41) is 16.3. The van der Waals surface area contributed by atoms with Gasteiger partial charge in [-0.25, -0.2) is 0 Å². The number of ether oxygens (including phenoxy) is 1. The van der Waals surface area contributed by atoms with Crippen molar-refractivity contribution in [1.29, 1.82) is 0 Å². The lowest BCUT2D eigenvalue weighted by molar-refractivity contribution is 0.0817. The zero-order valence-corrected chi connectivity index (χ0v) is 17.6. The van der Waals surface area contributed by atoms with Crippen molar-refractivity contribution < 1.29 is 4.74 Å². The Morgan fingerprint density at radius 1 is 1.00 bits per heavy atom. The van der Waals surface area contributed by atoms with E-state index in [1.54, 1.807) is 4.80 Å². The van der Waals surface area contributed by atoms with Crippen molar-refractivity contribution in [3.8, 4) is 17.1 Å². The molecular weight excluding hydrogens is 388 g/mol. The molecule has 5 rings (SSSR count). The first kappa shape index (κ1) is 19.9. The highest BCUT2D eigenvalue weighted by atomic mass is 16.5. The second-order valence-corrected chi connectivity index (χ2v) is 8.25. The Hall–Kier alpha value is -3.03. The zero-order chi connectivity index (χ0) is 21.1. The van der Waals surface area contributed by atoms with Crippen LogP contribution in [0.3, 0.4) is 0 Å². The van der Waals surface area contributed by atoms with Gasteiger partial charge in [0.2, 0.25) is 5.82 Å². The Kier molecular flexibility index (Phi) is 5.53. The van der Waals surface area contributed by atoms with Crippen molar-refractivity contribution in [2.75, 3.05) is 19.6 Å². The fraction of sp³-hybridized carbons (Fsp3) is 0.375. The molecule has 3 heterocycles. The number of benzene rings is 2. The molecule has 1 fully saturated rings. The smallest absolute Gasteiger partial charge is 0.204 e. The molecule has 2 aliphatic rings. The molecule has 7 heteroatoms. The zero-order valence-electron chi connectivity index (χ0n) is 17.6. The van der Waals surface area contributed by atoms with Crippen LogP contribution in [0.15, 0.2) is 54.6 Å². The van der Waals surface area contributed by atoms with Gasteiger partial charge in [0.1, 0.15) is 11.4 Å². The lowest BCUT2D eigenvalue weighted by Crippen LogP contribution is -2.46. The van der Waals surface area contributed by atoms with Gasteiger partial charge in [0.25, 0.3) is 0 Å². The van der Waals surface area contributed by atoms with Crippen molar-refractivity contribution in [2.24, 2.45) is 5.73 Å². The Bertz CT molecular complexity index is 1070. The van der Waals surface area contributed by atoms with Gasteiger partial charge in [-0.2, -0.15) is 4.80 Å². The third-order valence-electron chi connectivity index (χ3n) is 6.07. The first-order valence-electron chi connectivity index (χ1n) is 11.1. The number of hydrogen-bond acceptors (Lipinski definition) is 6. The number of aryl methyl sites for hydroxylation is 1. The molecule has 7 nitrogen and oxygen atoms in total. The second-order valence-electron chi connectivity index (χ2n) is 8.25. The molecule has 1 aromatic heterocycles. The number of rotatable bonds is 6. The summed E-state index contributed by atoms with van der Waals surface area (Å²) in [5.41, 5.74) is 9.83. The van der Waals surface area contributed by atoms with Crippen LogP contribution in [-0.2, 0) is 6.54 Å². The molecule has 3 N–H and O–H groups in total. The summed E-state index contributed by atoms with van der Waals surface area (Å²) in [7, 11) is 0. The maximum absolute atomic E-state index is 6.49. The maximum Gasteiger partial charge on any atom is 0.204 e. The van der Waals surface area contributed by atoms with Crippen LogP contribution in [0.25, 0.3) is 17.0 Å². The third kappa shape index (κ3) is 4.11. The number of piperidine rings is 1. The van der Waals surface area contributed by atoms with Crippen LogP contribution in [0.2, 0.25) is 0 Å². The standard InChI is InChI=1S/C24H28N6O/c25-13-3-4-16-30-28-23(27-29-30)19-9-7-18(8-10-19)21-17-24(11-14-26-15-12-24)31-22-6-2-1-5-20(21)22/h1-2,5-10,17,26H,3-4,11-16,25H2. The summed E-state index contributed by atoms with van der Waals surface area (Å²) >= 11 is 0. The van der Waals surface area contributed by atoms with Gasteiger partial charge in [-0.1, -0.05) is 42.5 Å². The highest BCUT2D eigenvalue weighted by Crippen LogP contribution is 2.42. The second kappa shape index (κ2) is 8.61. The van der Waals surface area contributed by atoms with E-state index in [2.05, 4.69) is 69.3 Å². The van der Waals surface area contributed by atoms with Crippen LogP contribution in [0.1, 0.15) is 36.8 Å². The van der Waals surface area contributed by atoms with Crippen molar-refractivity contribution >= 4 is 5.57 Å². The Balaban J connectivity index is 1.43. The lowest BCUT2D eigenvalue weighted by Gasteiger charge is -2.40. The number of tetrazole rings is 1. The number of para-hydroxylation sites is 1. The monoisotopic (exact) mass is 416 g/mol. The van der Waals surface area contributed by atoms with E-state index in [1.807, 2.05) is 6.07 Å². The largest absolute Gasteiger partial charge is 0.482 e. The average Bonchev–Trinajstić information content (AvgIpc) is 3.28. The van der Waals surface area contributed by atoms with Crippen LogP contribution >= 0.6 is 0 Å². The molecule has 0 unspecified atom stereocenters. The van der Waals surface area contributed by atoms with E-state index in [-0.39, 0.29) is 5.60 Å². The number of nitrogens with zero attached hydrogens (tertiary/aromatic N) is 4. The van der Waals surface area contributed by atoms with Crippen molar-refractivity contribution in [3.05, 3.63) is 65.7 Å². The quantitative estimate of drug-likeness (QED) is 0.600. The van der Waals surface area contributed by atoms with Crippen molar-refractivity contribution in [2.45, 2.75) is 37.8 Å². The minimum absolute atomic E-state index is 0.235. The molecule has 0 bridgehead atoms. The van der Waals surface area contributed by atoms with E-state index in [0.29, 0.717) is 12.4 Å². The molecule has 160 valence electrons. The first-order chi connectivity index (χ1) is 15.3. The number of nitrogens with one attached hydrogen (secondary N) is 1. The Morgan fingerprint density at radius 3 is 2.58 bits per heavy atom. The van der Waals surface area contributed by atoms with Gasteiger partial charge in [0.15, 0.2) is 0 Å². The molecule has 0 aliphatic carbocycles. The average molecular weight is 417 g/mol. The number of unbranched alkanes of at least 4 members (excludes halogenated alkanes) is 1. The van der Waals surface area contributed by atoms with Crippen LogP contribution < -0.4 is 15.8 Å². The first-order valence-corrected chi connectivity index (χ1v) is 11.1. The molecule has 1 saturated heterocycles. The number of aromatic nitrogens is 4. The van der Waals surface area contributed by atoms with Gasteiger partial charge in [-0.15, -0.1) is 10.2 Å². The highest BCUT2D eigenvalue weighted by Gasteiger charge is 2.36. The van der Waals surface area contributed by atoms with E-state index in [0.717, 1.165) is 62.2 Å². The topological polar surface area (TPSA) is 90.9 Å². The molecule has 0 radical (unpaired) electrons. The SMILES string of the molecule is NCCCCn1nnc(-c2ccc(C3=CC4(CCNCC4)Oc4ccccc43)cc2)n1. The molecule has 3 aromatic rings. The number of nitrogens with two attached hydrogens (primary N) is 1. The predicted molar refractivity (Wildman–Crippen MR) is 121 cm³/mol. The summed E-state index contributed by atoms with van der Waals surface area (Å²) in [4.78, 5) is 1.65. The van der Waals surface area contributed by atoms with Crippen LogP contribution in [-0.4, -0.2) is 45.4 Å². The highest BCUT2D eigenvalue weighted by molar-refractivity contribution is 5.85. The van der Waals surface area contributed by atoms with E-state index in [1.165, 1.54) is 11.1 Å². The molecule has 2 aromatic carbocycles. The minimum atomic E-state index is -0.235. The summed E-state index contributed by atoms with van der Waals surface area (Å²) in [6.45, 7) is 3.36. The third-order valence-corrected chi connectivity index (χ3v) is 6.07. The molecule has 0 amide bonds. The number of fused-ring (bicyclic) bond motifs is 1.